The Morgan fingerprint density at radius 2 is 1.86 bits per heavy atom. The molecule has 1 N–H and O–H groups in total. The standard InChI is InChI=1S/C22H22ClN3O2/c1-14(2)16-7-9-19(10-8-16)25-20(27)13-26-21(28)11-15(3)24-22(26)17-5-4-6-18(23)12-17/h4-12,14H,13H2,1-3H3,(H,25,27). The zero-order valence-corrected chi connectivity index (χ0v) is 16.8. The molecule has 0 aliphatic heterocycles. The summed E-state index contributed by atoms with van der Waals surface area (Å²) in [5, 5.41) is 3.37. The fourth-order valence-corrected chi connectivity index (χ4v) is 3.11. The molecule has 0 spiro atoms. The molecule has 2 aromatic carbocycles. The van der Waals surface area contributed by atoms with E-state index < -0.39 is 0 Å². The number of halogens is 1. The zero-order chi connectivity index (χ0) is 20.3. The van der Waals surface area contributed by atoms with E-state index >= 15 is 0 Å². The fraction of sp³-hybridized carbons (Fsp3) is 0.227. The van der Waals surface area contributed by atoms with E-state index in [2.05, 4.69) is 24.1 Å². The fourth-order valence-electron chi connectivity index (χ4n) is 2.92. The minimum atomic E-state index is -0.298. The minimum Gasteiger partial charge on any atom is -0.325 e. The molecule has 0 saturated heterocycles. The van der Waals surface area contributed by atoms with Gasteiger partial charge in [-0.25, -0.2) is 4.98 Å². The van der Waals surface area contributed by atoms with Crippen molar-refractivity contribution in [2.24, 2.45) is 0 Å². The number of rotatable bonds is 5. The highest BCUT2D eigenvalue weighted by Gasteiger charge is 2.14. The largest absolute Gasteiger partial charge is 0.325 e. The maximum Gasteiger partial charge on any atom is 0.254 e. The van der Waals surface area contributed by atoms with Gasteiger partial charge in [-0.05, 0) is 42.7 Å². The number of benzene rings is 2. The SMILES string of the molecule is Cc1cc(=O)n(CC(=O)Nc2ccc(C(C)C)cc2)c(-c2cccc(Cl)c2)n1. The Balaban J connectivity index is 1.87. The molecular formula is C22H22ClN3O2. The Morgan fingerprint density at radius 3 is 2.50 bits per heavy atom. The van der Waals surface area contributed by atoms with Gasteiger partial charge >= 0.3 is 0 Å². The molecule has 6 heteroatoms. The van der Waals surface area contributed by atoms with Crippen LogP contribution in [0.4, 0.5) is 5.69 Å². The van der Waals surface area contributed by atoms with Gasteiger partial charge in [-0.15, -0.1) is 0 Å². The van der Waals surface area contributed by atoms with Crippen molar-refractivity contribution in [2.75, 3.05) is 5.32 Å². The summed E-state index contributed by atoms with van der Waals surface area (Å²) in [5.74, 6) is 0.536. The zero-order valence-electron chi connectivity index (χ0n) is 16.1. The van der Waals surface area contributed by atoms with Crippen LogP contribution in [-0.2, 0) is 11.3 Å². The van der Waals surface area contributed by atoms with E-state index in [1.54, 1.807) is 25.1 Å². The molecule has 0 saturated carbocycles. The van der Waals surface area contributed by atoms with Crippen molar-refractivity contribution in [3.63, 3.8) is 0 Å². The lowest BCUT2D eigenvalue weighted by Gasteiger charge is -2.13. The van der Waals surface area contributed by atoms with Crippen LogP contribution in [0.2, 0.25) is 5.02 Å². The van der Waals surface area contributed by atoms with E-state index in [1.807, 2.05) is 30.3 Å². The molecule has 0 aliphatic carbocycles. The van der Waals surface area contributed by atoms with Gasteiger partial charge in [-0.1, -0.05) is 49.7 Å². The van der Waals surface area contributed by atoms with E-state index in [4.69, 9.17) is 11.6 Å². The third-order valence-corrected chi connectivity index (χ3v) is 4.62. The van der Waals surface area contributed by atoms with Crippen molar-refractivity contribution < 1.29 is 4.79 Å². The minimum absolute atomic E-state index is 0.139. The quantitative estimate of drug-likeness (QED) is 0.684. The Morgan fingerprint density at radius 1 is 1.14 bits per heavy atom. The molecule has 28 heavy (non-hydrogen) atoms. The predicted molar refractivity (Wildman–Crippen MR) is 113 cm³/mol. The van der Waals surface area contributed by atoms with Gasteiger partial charge in [0.05, 0.1) is 0 Å². The van der Waals surface area contributed by atoms with Crippen molar-refractivity contribution in [2.45, 2.75) is 33.2 Å². The van der Waals surface area contributed by atoms with Crippen LogP contribution in [0.15, 0.2) is 59.4 Å². The van der Waals surface area contributed by atoms with Gasteiger partial charge in [0, 0.05) is 28.0 Å². The molecule has 0 aliphatic rings. The van der Waals surface area contributed by atoms with Crippen LogP contribution in [0.1, 0.15) is 31.0 Å². The molecule has 1 amide bonds. The number of nitrogens with one attached hydrogen (secondary N) is 1. The molecule has 144 valence electrons. The lowest BCUT2D eigenvalue weighted by atomic mass is 10.0. The summed E-state index contributed by atoms with van der Waals surface area (Å²) in [6, 6.07) is 16.2. The van der Waals surface area contributed by atoms with Crippen molar-refractivity contribution in [3.8, 4) is 11.4 Å². The first-order valence-corrected chi connectivity index (χ1v) is 9.45. The second-order valence-corrected chi connectivity index (χ2v) is 7.42. The van der Waals surface area contributed by atoms with Gasteiger partial charge in [-0.3, -0.25) is 14.2 Å². The van der Waals surface area contributed by atoms with E-state index in [0.717, 1.165) is 0 Å². The molecule has 1 aromatic heterocycles. The monoisotopic (exact) mass is 395 g/mol. The molecule has 0 unspecified atom stereocenters. The summed E-state index contributed by atoms with van der Waals surface area (Å²) in [6.07, 6.45) is 0. The molecule has 1 heterocycles. The highest BCUT2D eigenvalue weighted by Crippen LogP contribution is 2.21. The van der Waals surface area contributed by atoms with Gasteiger partial charge in [0.2, 0.25) is 5.91 Å². The van der Waals surface area contributed by atoms with Gasteiger partial charge in [0.1, 0.15) is 12.4 Å². The smallest absolute Gasteiger partial charge is 0.254 e. The molecule has 0 bridgehead atoms. The number of hydrogen-bond donors (Lipinski definition) is 1. The molecule has 0 fully saturated rings. The van der Waals surface area contributed by atoms with E-state index in [9.17, 15) is 9.59 Å². The lowest BCUT2D eigenvalue weighted by molar-refractivity contribution is -0.116. The summed E-state index contributed by atoms with van der Waals surface area (Å²) < 4.78 is 1.36. The summed E-state index contributed by atoms with van der Waals surface area (Å²) in [6.45, 7) is 5.83. The van der Waals surface area contributed by atoms with Gasteiger partial charge in [0.15, 0.2) is 0 Å². The van der Waals surface area contributed by atoms with Crippen molar-refractivity contribution >= 4 is 23.2 Å². The number of amides is 1. The maximum absolute atomic E-state index is 12.6. The number of aryl methyl sites for hydroxylation is 1. The van der Waals surface area contributed by atoms with Gasteiger partial charge in [0.25, 0.3) is 5.56 Å². The molecular weight excluding hydrogens is 374 g/mol. The van der Waals surface area contributed by atoms with Crippen LogP contribution in [-0.4, -0.2) is 15.5 Å². The molecule has 3 rings (SSSR count). The summed E-state index contributed by atoms with van der Waals surface area (Å²) >= 11 is 6.08. The van der Waals surface area contributed by atoms with Crippen LogP contribution in [0.3, 0.4) is 0 Å². The third kappa shape index (κ3) is 4.67. The van der Waals surface area contributed by atoms with Crippen molar-refractivity contribution in [1.82, 2.24) is 9.55 Å². The van der Waals surface area contributed by atoms with Crippen molar-refractivity contribution in [1.29, 1.82) is 0 Å². The van der Waals surface area contributed by atoms with Crippen LogP contribution < -0.4 is 10.9 Å². The van der Waals surface area contributed by atoms with Crippen LogP contribution in [0, 0.1) is 6.92 Å². The maximum atomic E-state index is 12.6. The van der Waals surface area contributed by atoms with Crippen molar-refractivity contribution in [3.05, 3.63) is 81.2 Å². The molecule has 0 atom stereocenters. The number of carbonyl (C=O) groups is 1. The van der Waals surface area contributed by atoms with Crippen LogP contribution in [0.25, 0.3) is 11.4 Å². The van der Waals surface area contributed by atoms with Crippen LogP contribution >= 0.6 is 11.6 Å². The average Bonchev–Trinajstić information content (AvgIpc) is 2.64. The summed E-state index contributed by atoms with van der Waals surface area (Å²) in [5.41, 5.74) is 2.86. The first-order chi connectivity index (χ1) is 13.3. The number of carbonyl (C=O) groups excluding carboxylic acids is 1. The first kappa shape index (κ1) is 19.8. The van der Waals surface area contributed by atoms with Crippen LogP contribution in [0.5, 0.6) is 0 Å². The number of hydrogen-bond acceptors (Lipinski definition) is 3. The van der Waals surface area contributed by atoms with Gasteiger partial charge in [-0.2, -0.15) is 0 Å². The average molecular weight is 396 g/mol. The highest BCUT2D eigenvalue weighted by atomic mass is 35.5. The Hall–Kier alpha value is -2.92. The second-order valence-electron chi connectivity index (χ2n) is 6.98. The Labute approximate surface area is 169 Å². The number of aromatic nitrogens is 2. The van der Waals surface area contributed by atoms with E-state index in [0.29, 0.717) is 33.7 Å². The first-order valence-electron chi connectivity index (χ1n) is 9.07. The van der Waals surface area contributed by atoms with E-state index in [-0.39, 0.29) is 18.0 Å². The summed E-state index contributed by atoms with van der Waals surface area (Å²) in [7, 11) is 0. The Kier molecular flexibility index (Phi) is 5.95. The normalized spacial score (nSPS) is 10.9. The number of nitrogens with zero attached hydrogens (tertiary/aromatic N) is 2. The molecule has 5 nitrogen and oxygen atoms in total. The predicted octanol–water partition coefficient (Wildman–Crippen LogP) is 4.63. The Bertz CT molecular complexity index is 1060. The molecule has 0 radical (unpaired) electrons. The highest BCUT2D eigenvalue weighted by molar-refractivity contribution is 6.30. The van der Waals surface area contributed by atoms with E-state index in [1.165, 1.54) is 16.2 Å². The molecule has 3 aromatic rings. The second kappa shape index (κ2) is 8.40. The number of anilines is 1. The lowest BCUT2D eigenvalue weighted by Crippen LogP contribution is -2.29. The topological polar surface area (TPSA) is 64.0 Å². The summed E-state index contributed by atoms with van der Waals surface area (Å²) in [4.78, 5) is 29.6. The third-order valence-electron chi connectivity index (χ3n) is 4.38. The van der Waals surface area contributed by atoms with Gasteiger partial charge < -0.3 is 5.32 Å².